The number of nitrogens with two attached hydrogens (primary N) is 1. The van der Waals surface area contributed by atoms with Crippen molar-refractivity contribution in [3.8, 4) is 0 Å². The van der Waals surface area contributed by atoms with Gasteiger partial charge in [-0.3, -0.25) is 4.55 Å². The molecule has 0 aromatic carbocycles. The van der Waals surface area contributed by atoms with Crippen molar-refractivity contribution in [1.82, 2.24) is 0 Å². The summed E-state index contributed by atoms with van der Waals surface area (Å²) in [6.45, 7) is 0.722. The van der Waals surface area contributed by atoms with Crippen molar-refractivity contribution in [2.24, 2.45) is 5.73 Å². The Hall–Kier alpha value is 0.220. The molecule has 0 bridgehead atoms. The van der Waals surface area contributed by atoms with Gasteiger partial charge in [0.05, 0.1) is 0 Å². The molecule has 0 saturated heterocycles. The van der Waals surface area contributed by atoms with Crippen LogP contribution in [0.2, 0.25) is 0 Å². The molecule has 0 aliphatic carbocycles. The van der Waals surface area contributed by atoms with Crippen LogP contribution in [0.1, 0.15) is 32.1 Å². The average molecular weight is 227 g/mol. The third kappa shape index (κ3) is 12.2. The third-order valence-electron chi connectivity index (χ3n) is 1.58. The molecule has 0 unspecified atom stereocenters. The third-order valence-corrected chi connectivity index (χ3v) is 3.73. The van der Waals surface area contributed by atoms with Crippen LogP contribution in [0.4, 0.5) is 0 Å². The van der Waals surface area contributed by atoms with E-state index in [4.69, 9.17) is 10.3 Å². The van der Waals surface area contributed by atoms with Gasteiger partial charge < -0.3 is 5.73 Å². The molecule has 3 N–H and O–H groups in total. The molecule has 0 saturated carbocycles. The van der Waals surface area contributed by atoms with Gasteiger partial charge in [-0.1, -0.05) is 19.3 Å². The zero-order chi connectivity index (χ0) is 10.2. The molecule has 0 aromatic heterocycles. The van der Waals surface area contributed by atoms with Crippen LogP contribution >= 0.6 is 10.8 Å². The molecule has 0 aliphatic heterocycles. The monoisotopic (exact) mass is 227 g/mol. The summed E-state index contributed by atoms with van der Waals surface area (Å²) < 4.78 is 28.9. The fourth-order valence-corrected chi connectivity index (χ4v) is 2.46. The van der Waals surface area contributed by atoms with E-state index in [0.717, 1.165) is 38.6 Å². The first-order valence-corrected chi connectivity index (χ1v) is 7.32. The number of hydrogen-bond acceptors (Lipinski definition) is 4. The zero-order valence-electron chi connectivity index (χ0n) is 7.61. The molecular weight excluding hydrogens is 210 g/mol. The fourth-order valence-electron chi connectivity index (χ4n) is 0.941. The van der Waals surface area contributed by atoms with Crippen LogP contribution in [0.15, 0.2) is 0 Å². The summed E-state index contributed by atoms with van der Waals surface area (Å²) in [5, 5.41) is 0. The average Bonchev–Trinajstić information content (AvgIpc) is 2.01. The summed E-state index contributed by atoms with van der Waals surface area (Å²) in [4.78, 5) is 0. The van der Waals surface area contributed by atoms with E-state index in [1.807, 2.05) is 0 Å². The molecule has 6 heteroatoms. The van der Waals surface area contributed by atoms with Crippen molar-refractivity contribution >= 4 is 19.9 Å². The molecule has 0 aromatic rings. The Kier molecular flexibility index (Phi) is 7.74. The molecule has 0 rings (SSSR count). The normalized spacial score (nSPS) is 11.8. The first-order valence-electron chi connectivity index (χ1n) is 4.38. The molecule has 4 nitrogen and oxygen atoms in total. The Balaban J connectivity index is 3.09. The predicted octanol–water partition coefficient (Wildman–Crippen LogP) is 1.43. The second kappa shape index (κ2) is 7.61. The van der Waals surface area contributed by atoms with E-state index in [0.29, 0.717) is 16.5 Å². The zero-order valence-corrected chi connectivity index (χ0v) is 9.24. The molecular formula is C7H17NO3S2. The van der Waals surface area contributed by atoms with Gasteiger partial charge in [-0.15, -0.1) is 0 Å². The minimum Gasteiger partial charge on any atom is -0.330 e. The molecule has 13 heavy (non-hydrogen) atoms. The summed E-state index contributed by atoms with van der Waals surface area (Å²) in [6, 6.07) is 0. The maximum absolute atomic E-state index is 10.3. The maximum atomic E-state index is 10.3. The second-order valence-corrected chi connectivity index (χ2v) is 6.28. The minimum absolute atomic E-state index is 0.474. The molecule has 0 spiro atoms. The van der Waals surface area contributed by atoms with Crippen LogP contribution < -0.4 is 5.73 Å². The molecule has 0 amide bonds. The first kappa shape index (κ1) is 13.2. The van der Waals surface area contributed by atoms with E-state index in [2.05, 4.69) is 0 Å². The van der Waals surface area contributed by atoms with Crippen molar-refractivity contribution < 1.29 is 13.0 Å². The highest BCUT2D eigenvalue weighted by atomic mass is 33.1. The van der Waals surface area contributed by atoms with E-state index in [1.165, 1.54) is 0 Å². The Morgan fingerprint density at radius 1 is 1.08 bits per heavy atom. The van der Waals surface area contributed by atoms with Crippen LogP contribution in [0.3, 0.4) is 0 Å². The van der Waals surface area contributed by atoms with Gasteiger partial charge in [-0.2, -0.15) is 8.42 Å². The van der Waals surface area contributed by atoms with Crippen molar-refractivity contribution in [3.05, 3.63) is 0 Å². The van der Waals surface area contributed by atoms with E-state index >= 15 is 0 Å². The molecule has 80 valence electrons. The van der Waals surface area contributed by atoms with E-state index in [-0.39, 0.29) is 0 Å². The topological polar surface area (TPSA) is 80.4 Å². The SMILES string of the molecule is NCCCCCCCSS(=O)(=O)O. The van der Waals surface area contributed by atoms with Crippen LogP contribution in [0.25, 0.3) is 0 Å². The lowest BCUT2D eigenvalue weighted by Gasteiger charge is -1.98. The van der Waals surface area contributed by atoms with E-state index in [9.17, 15) is 8.42 Å². The highest BCUT2D eigenvalue weighted by molar-refractivity contribution is 8.69. The van der Waals surface area contributed by atoms with Gasteiger partial charge in [0.25, 0.3) is 0 Å². The highest BCUT2D eigenvalue weighted by Gasteiger charge is 2.03. The summed E-state index contributed by atoms with van der Waals surface area (Å²) >= 11 is 0. The largest absolute Gasteiger partial charge is 0.330 e. The van der Waals surface area contributed by atoms with E-state index in [1.54, 1.807) is 0 Å². The fraction of sp³-hybridized carbons (Fsp3) is 1.00. The van der Waals surface area contributed by atoms with Crippen LogP contribution in [-0.4, -0.2) is 25.3 Å². The van der Waals surface area contributed by atoms with Gasteiger partial charge in [0, 0.05) is 5.75 Å². The van der Waals surface area contributed by atoms with Crippen LogP contribution in [0.5, 0.6) is 0 Å². The van der Waals surface area contributed by atoms with Crippen molar-refractivity contribution in [2.75, 3.05) is 12.3 Å². The molecule has 0 aliphatic rings. The van der Waals surface area contributed by atoms with Gasteiger partial charge in [-0.05, 0) is 30.2 Å². The highest BCUT2D eigenvalue weighted by Crippen LogP contribution is 2.13. The van der Waals surface area contributed by atoms with Crippen LogP contribution in [0, 0.1) is 0 Å². The summed E-state index contributed by atoms with van der Waals surface area (Å²) in [7, 11) is -3.22. The Labute approximate surface area is 83.4 Å². The van der Waals surface area contributed by atoms with Gasteiger partial charge in [-0.25, -0.2) is 0 Å². The lowest BCUT2D eigenvalue weighted by atomic mass is 10.2. The van der Waals surface area contributed by atoms with Gasteiger partial charge >= 0.3 is 9.15 Å². The van der Waals surface area contributed by atoms with E-state index < -0.39 is 9.15 Å². The predicted molar refractivity (Wildman–Crippen MR) is 56.1 cm³/mol. The first-order chi connectivity index (χ1) is 6.06. The lowest BCUT2D eigenvalue weighted by Crippen LogP contribution is -1.97. The Morgan fingerprint density at radius 3 is 2.15 bits per heavy atom. The van der Waals surface area contributed by atoms with Crippen LogP contribution in [-0.2, 0) is 9.15 Å². The van der Waals surface area contributed by atoms with Crippen molar-refractivity contribution in [2.45, 2.75) is 32.1 Å². The number of rotatable bonds is 8. The Morgan fingerprint density at radius 2 is 1.62 bits per heavy atom. The van der Waals surface area contributed by atoms with Gasteiger partial charge in [0.15, 0.2) is 0 Å². The Bertz CT molecular complexity index is 204. The maximum Gasteiger partial charge on any atom is 0.319 e. The smallest absolute Gasteiger partial charge is 0.319 e. The van der Waals surface area contributed by atoms with Gasteiger partial charge in [0.1, 0.15) is 0 Å². The molecule has 0 heterocycles. The quantitative estimate of drug-likeness (QED) is 0.372. The number of unbranched alkanes of at least 4 members (excludes halogenated alkanes) is 4. The summed E-state index contributed by atoms with van der Waals surface area (Å²) in [6.07, 6.45) is 5.05. The second-order valence-electron chi connectivity index (χ2n) is 2.81. The summed E-state index contributed by atoms with van der Waals surface area (Å²) in [5.41, 5.74) is 5.31. The van der Waals surface area contributed by atoms with Crippen molar-refractivity contribution in [1.29, 1.82) is 0 Å². The molecule has 0 atom stereocenters. The van der Waals surface area contributed by atoms with Gasteiger partial charge in [0.2, 0.25) is 0 Å². The summed E-state index contributed by atoms with van der Waals surface area (Å²) in [5.74, 6) is 0.474. The standard InChI is InChI=1S/C7H17NO3S2/c8-6-4-2-1-3-5-7-12-13(9,10)11/h1-8H2,(H,9,10,11). The molecule has 0 fully saturated rings. The number of hydrogen-bond donors (Lipinski definition) is 2. The lowest BCUT2D eigenvalue weighted by molar-refractivity contribution is 0.503. The molecule has 0 radical (unpaired) electrons. The van der Waals surface area contributed by atoms with Crippen molar-refractivity contribution in [3.63, 3.8) is 0 Å². The minimum atomic E-state index is -3.82.